The third-order valence-electron chi connectivity index (χ3n) is 3.24. The maximum absolute atomic E-state index is 11.7. The van der Waals surface area contributed by atoms with E-state index in [2.05, 4.69) is 0 Å². The van der Waals surface area contributed by atoms with Crippen molar-refractivity contribution in [3.05, 3.63) is 0 Å². The topological polar surface area (TPSA) is 49.8 Å². The van der Waals surface area contributed by atoms with Crippen molar-refractivity contribution >= 4 is 6.09 Å². The van der Waals surface area contributed by atoms with Crippen LogP contribution >= 0.6 is 0 Å². The molecular weight excluding hydrogens is 194 g/mol. The van der Waals surface area contributed by atoms with Crippen LogP contribution in [0.15, 0.2) is 0 Å². The van der Waals surface area contributed by atoms with Crippen LogP contribution in [-0.4, -0.2) is 40.4 Å². The number of hydrogen-bond donors (Lipinski definition) is 1. The van der Waals surface area contributed by atoms with E-state index < -0.39 is 11.2 Å². The van der Waals surface area contributed by atoms with Gasteiger partial charge in [-0.3, -0.25) is 0 Å². The number of fused-ring (bicyclic) bond motifs is 1. The van der Waals surface area contributed by atoms with Gasteiger partial charge in [0.25, 0.3) is 0 Å². The lowest BCUT2D eigenvalue weighted by Gasteiger charge is -2.38. The van der Waals surface area contributed by atoms with Crippen molar-refractivity contribution in [2.75, 3.05) is 13.1 Å². The number of ether oxygens (including phenoxy) is 1. The van der Waals surface area contributed by atoms with Crippen molar-refractivity contribution in [2.45, 2.75) is 44.8 Å². The van der Waals surface area contributed by atoms with Crippen LogP contribution in [0.25, 0.3) is 0 Å². The molecule has 0 unspecified atom stereocenters. The van der Waals surface area contributed by atoms with Gasteiger partial charge < -0.3 is 14.7 Å². The van der Waals surface area contributed by atoms with E-state index >= 15 is 0 Å². The molecule has 0 radical (unpaired) electrons. The summed E-state index contributed by atoms with van der Waals surface area (Å²) in [6.45, 7) is 6.64. The fourth-order valence-corrected chi connectivity index (χ4v) is 2.28. The molecular formula is C11H19NO3. The van der Waals surface area contributed by atoms with Gasteiger partial charge in [-0.1, -0.05) is 0 Å². The Labute approximate surface area is 90.2 Å². The van der Waals surface area contributed by atoms with E-state index in [4.69, 9.17) is 4.74 Å². The van der Waals surface area contributed by atoms with Gasteiger partial charge in [-0.25, -0.2) is 4.79 Å². The van der Waals surface area contributed by atoms with Crippen LogP contribution in [0.3, 0.4) is 0 Å². The molecule has 2 atom stereocenters. The SMILES string of the molecule is CC(C)(C)OC(=O)N1C[C@@H]2CC[C@]2(O)C1. The van der Waals surface area contributed by atoms with E-state index in [1.807, 2.05) is 20.8 Å². The Kier molecular flexibility index (Phi) is 2.23. The first kappa shape index (κ1) is 10.7. The van der Waals surface area contributed by atoms with Gasteiger partial charge in [-0.2, -0.15) is 0 Å². The lowest BCUT2D eigenvalue weighted by Crippen LogP contribution is -2.46. The average Bonchev–Trinajstić information content (AvgIpc) is 2.26. The number of aliphatic hydroxyl groups is 1. The Morgan fingerprint density at radius 2 is 2.20 bits per heavy atom. The predicted molar refractivity (Wildman–Crippen MR) is 55.5 cm³/mol. The Balaban J connectivity index is 1.94. The van der Waals surface area contributed by atoms with E-state index in [1.54, 1.807) is 4.90 Å². The summed E-state index contributed by atoms with van der Waals surface area (Å²) in [6.07, 6.45) is 1.54. The lowest BCUT2D eigenvalue weighted by atomic mass is 9.72. The largest absolute Gasteiger partial charge is 0.444 e. The second kappa shape index (κ2) is 3.11. The Bertz CT molecular complexity index is 284. The molecule has 2 aliphatic rings. The zero-order valence-electron chi connectivity index (χ0n) is 9.62. The molecule has 0 aromatic carbocycles. The summed E-state index contributed by atoms with van der Waals surface area (Å²) in [7, 11) is 0. The fraction of sp³-hybridized carbons (Fsp3) is 0.909. The maximum atomic E-state index is 11.7. The number of likely N-dealkylation sites (tertiary alicyclic amines) is 1. The van der Waals surface area contributed by atoms with Crippen molar-refractivity contribution < 1.29 is 14.6 Å². The van der Waals surface area contributed by atoms with Gasteiger partial charge in [0, 0.05) is 12.5 Å². The molecule has 0 spiro atoms. The summed E-state index contributed by atoms with van der Waals surface area (Å²) in [4.78, 5) is 13.3. The minimum atomic E-state index is -0.614. The molecule has 1 aliphatic carbocycles. The highest BCUT2D eigenvalue weighted by Crippen LogP contribution is 2.44. The number of carbonyl (C=O) groups is 1. The summed E-state index contributed by atoms with van der Waals surface area (Å²) < 4.78 is 5.27. The molecule has 4 heteroatoms. The van der Waals surface area contributed by atoms with Crippen LogP contribution in [-0.2, 0) is 4.74 Å². The summed E-state index contributed by atoms with van der Waals surface area (Å²) >= 11 is 0. The van der Waals surface area contributed by atoms with E-state index in [-0.39, 0.29) is 12.0 Å². The molecule has 2 rings (SSSR count). The van der Waals surface area contributed by atoms with E-state index in [0.29, 0.717) is 13.1 Å². The number of hydrogen-bond acceptors (Lipinski definition) is 3. The molecule has 1 N–H and O–H groups in total. The Hall–Kier alpha value is -0.770. The third kappa shape index (κ3) is 1.95. The van der Waals surface area contributed by atoms with Gasteiger partial charge in [0.05, 0.1) is 12.1 Å². The minimum absolute atomic E-state index is 0.269. The Morgan fingerprint density at radius 1 is 1.53 bits per heavy atom. The zero-order chi connectivity index (χ0) is 11.3. The van der Waals surface area contributed by atoms with Crippen LogP contribution in [0.2, 0.25) is 0 Å². The first-order valence-corrected chi connectivity index (χ1v) is 5.50. The number of rotatable bonds is 0. The van der Waals surface area contributed by atoms with Gasteiger partial charge in [-0.15, -0.1) is 0 Å². The van der Waals surface area contributed by atoms with Crippen LogP contribution in [0.5, 0.6) is 0 Å². The van der Waals surface area contributed by atoms with Crippen molar-refractivity contribution in [1.82, 2.24) is 4.90 Å². The van der Waals surface area contributed by atoms with Crippen LogP contribution in [0, 0.1) is 5.92 Å². The predicted octanol–water partition coefficient (Wildman–Crippen LogP) is 1.38. The van der Waals surface area contributed by atoms with Gasteiger partial charge >= 0.3 is 6.09 Å². The normalized spacial score (nSPS) is 34.7. The Morgan fingerprint density at radius 3 is 2.53 bits per heavy atom. The van der Waals surface area contributed by atoms with Crippen LogP contribution in [0.4, 0.5) is 4.79 Å². The molecule has 0 bridgehead atoms. The zero-order valence-corrected chi connectivity index (χ0v) is 9.62. The molecule has 1 saturated heterocycles. The van der Waals surface area contributed by atoms with Gasteiger partial charge in [0.15, 0.2) is 0 Å². The second-order valence-electron chi connectivity index (χ2n) is 5.70. The number of amides is 1. The highest BCUT2D eigenvalue weighted by atomic mass is 16.6. The minimum Gasteiger partial charge on any atom is -0.444 e. The van der Waals surface area contributed by atoms with Gasteiger partial charge in [0.2, 0.25) is 0 Å². The maximum Gasteiger partial charge on any atom is 0.410 e. The highest BCUT2D eigenvalue weighted by molar-refractivity contribution is 5.69. The molecule has 0 aromatic heterocycles. The van der Waals surface area contributed by atoms with Crippen LogP contribution < -0.4 is 0 Å². The molecule has 1 aliphatic heterocycles. The second-order valence-corrected chi connectivity index (χ2v) is 5.70. The monoisotopic (exact) mass is 213 g/mol. The molecule has 4 nitrogen and oxygen atoms in total. The molecule has 86 valence electrons. The van der Waals surface area contributed by atoms with E-state index in [1.165, 1.54) is 0 Å². The van der Waals surface area contributed by atoms with Crippen LogP contribution in [0.1, 0.15) is 33.6 Å². The lowest BCUT2D eigenvalue weighted by molar-refractivity contribution is -0.0598. The highest BCUT2D eigenvalue weighted by Gasteiger charge is 2.53. The van der Waals surface area contributed by atoms with E-state index in [9.17, 15) is 9.90 Å². The molecule has 0 aromatic rings. The van der Waals surface area contributed by atoms with Gasteiger partial charge in [-0.05, 0) is 33.6 Å². The summed E-state index contributed by atoms with van der Waals surface area (Å²) in [6, 6.07) is 0. The van der Waals surface area contributed by atoms with Crippen molar-refractivity contribution in [2.24, 2.45) is 5.92 Å². The fourth-order valence-electron chi connectivity index (χ4n) is 2.28. The first-order chi connectivity index (χ1) is 6.80. The summed E-state index contributed by atoms with van der Waals surface area (Å²) in [5, 5.41) is 10.0. The quantitative estimate of drug-likeness (QED) is 0.661. The standard InChI is InChI=1S/C11H19NO3/c1-10(2,3)15-9(13)12-6-8-4-5-11(8,14)7-12/h8,14H,4-7H2,1-3H3/t8-,11-/m0/s1. The van der Waals surface area contributed by atoms with Crippen molar-refractivity contribution in [3.63, 3.8) is 0 Å². The summed E-state index contributed by atoms with van der Waals surface area (Å²) in [5.74, 6) is 0.269. The van der Waals surface area contributed by atoms with Gasteiger partial charge in [0.1, 0.15) is 5.60 Å². The molecule has 2 fully saturated rings. The summed E-state index contributed by atoms with van der Waals surface area (Å²) in [5.41, 5.74) is -1.07. The van der Waals surface area contributed by atoms with E-state index in [0.717, 1.165) is 12.8 Å². The third-order valence-corrected chi connectivity index (χ3v) is 3.24. The average molecular weight is 213 g/mol. The number of β-amino-alcohol motifs (C(OH)–C–C–N with tert-alkyl or cyclic N) is 1. The number of carbonyl (C=O) groups excluding carboxylic acids is 1. The van der Waals surface area contributed by atoms with Crippen molar-refractivity contribution in [3.8, 4) is 0 Å². The number of nitrogens with zero attached hydrogens (tertiary/aromatic N) is 1. The molecule has 1 saturated carbocycles. The first-order valence-electron chi connectivity index (χ1n) is 5.50. The molecule has 1 amide bonds. The molecule has 1 heterocycles. The molecule has 15 heavy (non-hydrogen) atoms. The van der Waals surface area contributed by atoms with Crippen molar-refractivity contribution in [1.29, 1.82) is 0 Å². The smallest absolute Gasteiger partial charge is 0.410 e.